The number of hydrogen-bond acceptors (Lipinski definition) is 4. The van der Waals surface area contributed by atoms with Gasteiger partial charge in [0.1, 0.15) is 5.69 Å². The van der Waals surface area contributed by atoms with Crippen molar-refractivity contribution in [2.45, 2.75) is 19.3 Å². The van der Waals surface area contributed by atoms with Crippen LogP contribution >= 0.6 is 0 Å². The van der Waals surface area contributed by atoms with Crippen molar-refractivity contribution in [2.24, 2.45) is 12.8 Å². The first-order chi connectivity index (χ1) is 9.70. The lowest BCUT2D eigenvalue weighted by Gasteiger charge is -2.34. The fourth-order valence-electron chi connectivity index (χ4n) is 2.52. The van der Waals surface area contributed by atoms with Gasteiger partial charge in [-0.2, -0.15) is 0 Å². The van der Waals surface area contributed by atoms with Crippen molar-refractivity contribution in [3.63, 3.8) is 0 Å². The molecule has 0 bridgehead atoms. The largest absolute Gasteiger partial charge is 0.340 e. The molecule has 1 amide bonds. The molecule has 1 fully saturated rings. The molecule has 1 aromatic rings. The topological polar surface area (TPSA) is 67.4 Å². The summed E-state index contributed by atoms with van der Waals surface area (Å²) in [6.07, 6.45) is 6.95. The molecule has 0 saturated carbocycles. The van der Waals surface area contributed by atoms with Crippen LogP contribution in [0, 0.1) is 0 Å². The zero-order valence-corrected chi connectivity index (χ0v) is 12.3. The lowest BCUT2D eigenvalue weighted by Crippen LogP contribution is -2.48. The van der Waals surface area contributed by atoms with Gasteiger partial charge in [0.15, 0.2) is 0 Å². The summed E-state index contributed by atoms with van der Waals surface area (Å²) >= 11 is 0. The van der Waals surface area contributed by atoms with Crippen molar-refractivity contribution in [1.29, 1.82) is 0 Å². The van der Waals surface area contributed by atoms with Crippen molar-refractivity contribution in [3.8, 4) is 0 Å². The Morgan fingerprint density at radius 1 is 1.25 bits per heavy atom. The summed E-state index contributed by atoms with van der Waals surface area (Å²) in [7, 11) is 1.88. The monoisotopic (exact) mass is 279 g/mol. The highest BCUT2D eigenvalue weighted by Gasteiger charge is 2.22. The minimum absolute atomic E-state index is 0.0494. The molecule has 2 N–H and O–H groups in total. The van der Waals surface area contributed by atoms with Crippen LogP contribution in [0.4, 0.5) is 0 Å². The number of carbonyl (C=O) groups is 1. The molecule has 20 heavy (non-hydrogen) atoms. The van der Waals surface area contributed by atoms with Gasteiger partial charge < -0.3 is 15.2 Å². The lowest BCUT2D eigenvalue weighted by molar-refractivity contribution is 0.0630. The third-order valence-electron chi connectivity index (χ3n) is 3.76. The predicted molar refractivity (Wildman–Crippen MR) is 78.5 cm³/mol. The Morgan fingerprint density at radius 3 is 2.60 bits per heavy atom. The van der Waals surface area contributed by atoms with Gasteiger partial charge >= 0.3 is 0 Å². The highest BCUT2D eigenvalue weighted by Crippen LogP contribution is 2.08. The van der Waals surface area contributed by atoms with Gasteiger partial charge in [0.05, 0.1) is 6.33 Å². The summed E-state index contributed by atoms with van der Waals surface area (Å²) in [5.74, 6) is 0.0494. The molecule has 6 nitrogen and oxygen atoms in total. The van der Waals surface area contributed by atoms with E-state index in [0.717, 1.165) is 45.7 Å². The predicted octanol–water partition coefficient (Wildman–Crippen LogP) is 0.307. The average molecular weight is 279 g/mol. The van der Waals surface area contributed by atoms with E-state index in [1.54, 1.807) is 17.1 Å². The lowest BCUT2D eigenvalue weighted by atomic mass is 10.2. The smallest absolute Gasteiger partial charge is 0.274 e. The highest BCUT2D eigenvalue weighted by molar-refractivity contribution is 5.92. The second-order valence-corrected chi connectivity index (χ2v) is 5.41. The molecule has 0 spiro atoms. The van der Waals surface area contributed by atoms with Crippen LogP contribution in [0.15, 0.2) is 12.5 Å². The molecule has 2 rings (SSSR count). The van der Waals surface area contributed by atoms with Crippen LogP contribution in [0.25, 0.3) is 0 Å². The van der Waals surface area contributed by atoms with Crippen LogP contribution in [0.2, 0.25) is 0 Å². The van der Waals surface area contributed by atoms with Crippen LogP contribution in [-0.4, -0.2) is 64.5 Å². The quantitative estimate of drug-likeness (QED) is 0.761. The summed E-state index contributed by atoms with van der Waals surface area (Å²) in [5.41, 5.74) is 6.04. The van der Waals surface area contributed by atoms with E-state index in [9.17, 15) is 4.79 Å². The first kappa shape index (κ1) is 15.0. The van der Waals surface area contributed by atoms with Crippen molar-refractivity contribution >= 4 is 5.91 Å². The van der Waals surface area contributed by atoms with Crippen LogP contribution in [-0.2, 0) is 7.05 Å². The van der Waals surface area contributed by atoms with Gasteiger partial charge in [0, 0.05) is 39.4 Å². The summed E-state index contributed by atoms with van der Waals surface area (Å²) < 4.78 is 1.81. The fourth-order valence-corrected chi connectivity index (χ4v) is 2.52. The number of aryl methyl sites for hydroxylation is 1. The van der Waals surface area contributed by atoms with Crippen molar-refractivity contribution in [3.05, 3.63) is 18.2 Å². The van der Waals surface area contributed by atoms with E-state index in [-0.39, 0.29) is 5.91 Å². The molecule has 6 heteroatoms. The fraction of sp³-hybridized carbons (Fsp3) is 0.714. The van der Waals surface area contributed by atoms with Gasteiger partial charge in [-0.3, -0.25) is 9.69 Å². The van der Waals surface area contributed by atoms with Gasteiger partial charge in [0.25, 0.3) is 5.91 Å². The van der Waals surface area contributed by atoms with E-state index in [1.807, 2.05) is 11.9 Å². The van der Waals surface area contributed by atoms with Crippen LogP contribution in [0.1, 0.15) is 29.8 Å². The standard InChI is InChI=1S/C14H25N5O/c1-17-11-13(16-12-17)14(20)19-9-7-18(8-10-19)6-4-2-3-5-15/h11-12H,2-10,15H2,1H3. The van der Waals surface area contributed by atoms with E-state index >= 15 is 0 Å². The highest BCUT2D eigenvalue weighted by atomic mass is 16.2. The van der Waals surface area contributed by atoms with Gasteiger partial charge in [-0.1, -0.05) is 6.42 Å². The van der Waals surface area contributed by atoms with Gasteiger partial charge in [-0.05, 0) is 25.9 Å². The first-order valence-corrected chi connectivity index (χ1v) is 7.40. The van der Waals surface area contributed by atoms with E-state index in [1.165, 1.54) is 12.8 Å². The molecule has 0 radical (unpaired) electrons. The zero-order chi connectivity index (χ0) is 14.4. The number of rotatable bonds is 6. The van der Waals surface area contributed by atoms with Crippen LogP contribution in [0.5, 0.6) is 0 Å². The first-order valence-electron chi connectivity index (χ1n) is 7.40. The van der Waals surface area contributed by atoms with Crippen molar-refractivity contribution in [2.75, 3.05) is 39.3 Å². The number of piperazine rings is 1. The Balaban J connectivity index is 1.72. The summed E-state index contributed by atoms with van der Waals surface area (Å²) in [4.78, 5) is 20.7. The number of aromatic nitrogens is 2. The Morgan fingerprint density at radius 2 is 2.00 bits per heavy atom. The van der Waals surface area contributed by atoms with E-state index in [2.05, 4.69) is 9.88 Å². The van der Waals surface area contributed by atoms with E-state index in [4.69, 9.17) is 5.73 Å². The van der Waals surface area contributed by atoms with Gasteiger partial charge in [-0.15, -0.1) is 0 Å². The third kappa shape index (κ3) is 4.05. The number of amides is 1. The van der Waals surface area contributed by atoms with E-state index in [0.29, 0.717) is 5.69 Å². The van der Waals surface area contributed by atoms with Gasteiger partial charge in [0.2, 0.25) is 0 Å². The Labute approximate surface area is 120 Å². The minimum atomic E-state index is 0.0494. The Bertz CT molecular complexity index is 423. The number of nitrogens with zero attached hydrogens (tertiary/aromatic N) is 4. The summed E-state index contributed by atoms with van der Waals surface area (Å²) in [5, 5.41) is 0. The van der Waals surface area contributed by atoms with Crippen LogP contribution < -0.4 is 5.73 Å². The molecule has 1 aromatic heterocycles. The Hall–Kier alpha value is -1.40. The summed E-state index contributed by atoms with van der Waals surface area (Å²) in [6.45, 7) is 5.42. The molecular formula is C14H25N5O. The molecular weight excluding hydrogens is 254 g/mol. The number of nitrogens with two attached hydrogens (primary N) is 1. The van der Waals surface area contributed by atoms with Crippen molar-refractivity contribution < 1.29 is 4.79 Å². The maximum atomic E-state index is 12.2. The number of imidazole rings is 1. The zero-order valence-electron chi connectivity index (χ0n) is 12.3. The van der Waals surface area contributed by atoms with Gasteiger partial charge in [-0.25, -0.2) is 4.98 Å². The Kier molecular flexibility index (Phi) is 5.55. The maximum absolute atomic E-state index is 12.2. The normalized spacial score (nSPS) is 16.6. The molecule has 112 valence electrons. The van der Waals surface area contributed by atoms with Crippen LogP contribution in [0.3, 0.4) is 0 Å². The number of hydrogen-bond donors (Lipinski definition) is 1. The molecule has 0 unspecified atom stereocenters. The second kappa shape index (κ2) is 7.40. The molecule has 1 aliphatic heterocycles. The molecule has 1 saturated heterocycles. The van der Waals surface area contributed by atoms with Crippen molar-refractivity contribution in [1.82, 2.24) is 19.4 Å². The second-order valence-electron chi connectivity index (χ2n) is 5.41. The maximum Gasteiger partial charge on any atom is 0.274 e. The third-order valence-corrected chi connectivity index (χ3v) is 3.76. The average Bonchev–Trinajstić information content (AvgIpc) is 2.90. The number of unbranched alkanes of at least 4 members (excludes halogenated alkanes) is 2. The molecule has 0 atom stereocenters. The SMILES string of the molecule is Cn1cnc(C(=O)N2CCN(CCCCCN)CC2)c1. The number of carbonyl (C=O) groups excluding carboxylic acids is 1. The molecule has 2 heterocycles. The molecule has 0 aromatic carbocycles. The van der Waals surface area contributed by atoms with E-state index < -0.39 is 0 Å². The summed E-state index contributed by atoms with van der Waals surface area (Å²) in [6, 6.07) is 0. The molecule has 0 aliphatic carbocycles. The molecule has 1 aliphatic rings. The minimum Gasteiger partial charge on any atom is -0.340 e.